The number of rotatable bonds is 0. The Labute approximate surface area is 54.7 Å². The van der Waals surface area contributed by atoms with Crippen LogP contribution in [0, 0.1) is 11.8 Å². The summed E-state index contributed by atoms with van der Waals surface area (Å²) in [4.78, 5) is 0. The molecule has 0 spiro atoms. The number of hydrogen-bond acceptors (Lipinski definition) is 3. The molecule has 0 bridgehead atoms. The zero-order valence-electron chi connectivity index (χ0n) is 5.42. The molecule has 0 saturated carbocycles. The molecule has 0 aromatic heterocycles. The zero-order chi connectivity index (χ0) is 6.27. The topological polar surface area (TPSA) is 38.5 Å². The molecule has 0 aromatic carbocycles. The van der Waals surface area contributed by atoms with E-state index < -0.39 is 0 Å². The molecule has 2 aliphatic heterocycles. The molecular formula is C6H12N2O. The van der Waals surface area contributed by atoms with Crippen molar-refractivity contribution in [2.45, 2.75) is 0 Å². The second-order valence-corrected chi connectivity index (χ2v) is 3.01. The number of hydrogen-bond donors (Lipinski definition) is 1. The summed E-state index contributed by atoms with van der Waals surface area (Å²) in [6, 6.07) is 0. The van der Waals surface area contributed by atoms with E-state index in [1.54, 1.807) is 0 Å². The Morgan fingerprint density at radius 1 is 1.22 bits per heavy atom. The summed E-state index contributed by atoms with van der Waals surface area (Å²) in [5.74, 6) is 7.07. The second-order valence-electron chi connectivity index (χ2n) is 3.01. The van der Waals surface area contributed by atoms with E-state index in [9.17, 15) is 0 Å². The Morgan fingerprint density at radius 2 is 1.78 bits per heavy atom. The predicted molar refractivity (Wildman–Crippen MR) is 33.6 cm³/mol. The summed E-state index contributed by atoms with van der Waals surface area (Å²) >= 11 is 0. The fourth-order valence-electron chi connectivity index (χ4n) is 1.72. The third-order valence-electron chi connectivity index (χ3n) is 2.27. The summed E-state index contributed by atoms with van der Waals surface area (Å²) in [5, 5.41) is 1.90. The zero-order valence-corrected chi connectivity index (χ0v) is 5.42. The largest absolute Gasteiger partial charge is 0.381 e. The van der Waals surface area contributed by atoms with Crippen LogP contribution >= 0.6 is 0 Å². The van der Waals surface area contributed by atoms with Crippen molar-refractivity contribution in [3.8, 4) is 0 Å². The van der Waals surface area contributed by atoms with Gasteiger partial charge in [-0.25, -0.2) is 5.01 Å². The number of fused-ring (bicyclic) bond motifs is 1. The molecule has 2 heterocycles. The maximum absolute atomic E-state index is 5.60. The highest BCUT2D eigenvalue weighted by Crippen LogP contribution is 2.26. The molecule has 52 valence electrons. The van der Waals surface area contributed by atoms with Crippen molar-refractivity contribution in [2.24, 2.45) is 17.7 Å². The summed E-state index contributed by atoms with van der Waals surface area (Å²) in [6.07, 6.45) is 0. The normalized spacial score (nSPS) is 43.7. The molecule has 2 N–H and O–H groups in total. The molecule has 0 radical (unpaired) electrons. The van der Waals surface area contributed by atoms with Gasteiger partial charge in [-0.2, -0.15) is 0 Å². The molecular weight excluding hydrogens is 116 g/mol. The molecule has 0 amide bonds. The highest BCUT2D eigenvalue weighted by molar-refractivity contribution is 4.84. The van der Waals surface area contributed by atoms with Crippen LogP contribution in [0.25, 0.3) is 0 Å². The van der Waals surface area contributed by atoms with Crippen LogP contribution in [0.5, 0.6) is 0 Å². The van der Waals surface area contributed by atoms with Crippen molar-refractivity contribution >= 4 is 0 Å². The molecule has 0 aliphatic carbocycles. The maximum atomic E-state index is 5.60. The fourth-order valence-corrected chi connectivity index (χ4v) is 1.72. The van der Waals surface area contributed by atoms with E-state index in [0.717, 1.165) is 38.1 Å². The van der Waals surface area contributed by atoms with Crippen molar-refractivity contribution in [3.05, 3.63) is 0 Å². The van der Waals surface area contributed by atoms with Crippen LogP contribution < -0.4 is 5.84 Å². The first-order chi connectivity index (χ1) is 4.36. The summed E-state index contributed by atoms with van der Waals surface area (Å²) < 4.78 is 5.28. The van der Waals surface area contributed by atoms with Crippen molar-refractivity contribution in [1.82, 2.24) is 5.01 Å². The van der Waals surface area contributed by atoms with Gasteiger partial charge >= 0.3 is 0 Å². The summed E-state index contributed by atoms with van der Waals surface area (Å²) in [7, 11) is 0. The quantitative estimate of drug-likeness (QED) is 0.444. The van der Waals surface area contributed by atoms with Gasteiger partial charge in [0.15, 0.2) is 0 Å². The first-order valence-corrected chi connectivity index (χ1v) is 3.43. The fraction of sp³-hybridized carbons (Fsp3) is 1.00. The first kappa shape index (κ1) is 5.65. The van der Waals surface area contributed by atoms with Gasteiger partial charge in [0, 0.05) is 24.9 Å². The van der Waals surface area contributed by atoms with Crippen molar-refractivity contribution in [1.29, 1.82) is 0 Å². The van der Waals surface area contributed by atoms with E-state index in [0.29, 0.717) is 0 Å². The lowest BCUT2D eigenvalue weighted by Crippen LogP contribution is -2.29. The van der Waals surface area contributed by atoms with E-state index in [1.165, 1.54) is 0 Å². The van der Waals surface area contributed by atoms with Gasteiger partial charge in [0.05, 0.1) is 13.2 Å². The Kier molecular flexibility index (Phi) is 1.22. The molecule has 2 fully saturated rings. The lowest BCUT2D eigenvalue weighted by Gasteiger charge is -2.07. The van der Waals surface area contributed by atoms with E-state index in [-0.39, 0.29) is 0 Å². The average molecular weight is 128 g/mol. The van der Waals surface area contributed by atoms with Crippen LogP contribution in [0.15, 0.2) is 0 Å². The number of nitrogens with zero attached hydrogens (tertiary/aromatic N) is 1. The molecule has 9 heavy (non-hydrogen) atoms. The van der Waals surface area contributed by atoms with E-state index >= 15 is 0 Å². The standard InChI is InChI=1S/C6H12N2O/c7-8-1-5-3-9-4-6(5)2-8/h5-6H,1-4,7H2/t5-,6-/m0/s1. The summed E-state index contributed by atoms with van der Waals surface area (Å²) in [5.41, 5.74) is 0. The van der Waals surface area contributed by atoms with Gasteiger partial charge in [-0.05, 0) is 0 Å². The third-order valence-corrected chi connectivity index (χ3v) is 2.27. The van der Waals surface area contributed by atoms with Crippen LogP contribution in [0.4, 0.5) is 0 Å². The lowest BCUT2D eigenvalue weighted by molar-refractivity contribution is 0.155. The molecule has 0 aromatic rings. The highest BCUT2D eigenvalue weighted by atomic mass is 16.5. The molecule has 3 heteroatoms. The second kappa shape index (κ2) is 1.94. The molecule has 2 aliphatic rings. The molecule has 2 atom stereocenters. The van der Waals surface area contributed by atoms with Gasteiger partial charge in [0.2, 0.25) is 0 Å². The number of hydrazine groups is 1. The van der Waals surface area contributed by atoms with Crippen molar-refractivity contribution in [3.63, 3.8) is 0 Å². The average Bonchev–Trinajstić information content (AvgIpc) is 2.22. The molecule has 2 saturated heterocycles. The highest BCUT2D eigenvalue weighted by Gasteiger charge is 2.35. The Morgan fingerprint density at radius 3 is 2.33 bits per heavy atom. The SMILES string of the molecule is NN1C[C@H]2COC[C@@H]2C1. The van der Waals surface area contributed by atoms with Gasteiger partial charge < -0.3 is 4.74 Å². The predicted octanol–water partition coefficient (Wildman–Crippen LogP) is -0.562. The Bertz CT molecular complexity index is 106. The molecule has 2 rings (SSSR count). The van der Waals surface area contributed by atoms with Crippen LogP contribution in [-0.4, -0.2) is 31.3 Å². The van der Waals surface area contributed by atoms with Gasteiger partial charge in [-0.1, -0.05) is 0 Å². The minimum absolute atomic E-state index is 0.731. The Balaban J connectivity index is 2.02. The van der Waals surface area contributed by atoms with Crippen molar-refractivity contribution < 1.29 is 4.74 Å². The van der Waals surface area contributed by atoms with Gasteiger partial charge in [-0.3, -0.25) is 5.84 Å². The number of nitrogens with two attached hydrogens (primary N) is 1. The van der Waals surface area contributed by atoms with Crippen LogP contribution in [0.2, 0.25) is 0 Å². The van der Waals surface area contributed by atoms with E-state index in [1.807, 2.05) is 5.01 Å². The minimum Gasteiger partial charge on any atom is -0.381 e. The van der Waals surface area contributed by atoms with Gasteiger partial charge in [-0.15, -0.1) is 0 Å². The first-order valence-electron chi connectivity index (χ1n) is 3.43. The van der Waals surface area contributed by atoms with E-state index in [2.05, 4.69) is 0 Å². The monoisotopic (exact) mass is 128 g/mol. The Hall–Kier alpha value is -0.120. The third kappa shape index (κ3) is 0.852. The van der Waals surface area contributed by atoms with Crippen LogP contribution in [0.3, 0.4) is 0 Å². The number of ether oxygens (including phenoxy) is 1. The smallest absolute Gasteiger partial charge is 0.0511 e. The lowest BCUT2D eigenvalue weighted by atomic mass is 10.0. The van der Waals surface area contributed by atoms with Crippen LogP contribution in [-0.2, 0) is 4.74 Å². The minimum atomic E-state index is 0.731. The van der Waals surface area contributed by atoms with Crippen molar-refractivity contribution in [2.75, 3.05) is 26.3 Å². The summed E-state index contributed by atoms with van der Waals surface area (Å²) in [6.45, 7) is 3.92. The van der Waals surface area contributed by atoms with Gasteiger partial charge in [0.25, 0.3) is 0 Å². The van der Waals surface area contributed by atoms with Crippen LogP contribution in [0.1, 0.15) is 0 Å². The van der Waals surface area contributed by atoms with E-state index in [4.69, 9.17) is 10.6 Å². The van der Waals surface area contributed by atoms with Gasteiger partial charge in [0.1, 0.15) is 0 Å². The maximum Gasteiger partial charge on any atom is 0.0511 e. The molecule has 3 nitrogen and oxygen atoms in total. The molecule has 0 unspecified atom stereocenters.